The first-order valence-corrected chi connectivity index (χ1v) is 6.07. The molecular formula is C11H14BrN3O. The van der Waals surface area contributed by atoms with Gasteiger partial charge < -0.3 is 10.2 Å². The van der Waals surface area contributed by atoms with E-state index >= 15 is 0 Å². The number of rotatable bonds is 2. The third-order valence-electron chi connectivity index (χ3n) is 2.84. The van der Waals surface area contributed by atoms with Crippen LogP contribution in [0.5, 0.6) is 0 Å². The van der Waals surface area contributed by atoms with Crippen molar-refractivity contribution in [3.63, 3.8) is 0 Å². The zero-order chi connectivity index (χ0) is 11.5. The van der Waals surface area contributed by atoms with Gasteiger partial charge in [-0.15, -0.1) is 0 Å². The van der Waals surface area contributed by atoms with Gasteiger partial charge in [-0.1, -0.05) is 0 Å². The number of hydrogen-bond donors (Lipinski definition) is 1. The van der Waals surface area contributed by atoms with Gasteiger partial charge in [0.05, 0.1) is 5.56 Å². The number of carbonyl (C=O) groups is 1. The largest absolute Gasteiger partial charge is 0.337 e. The van der Waals surface area contributed by atoms with Crippen LogP contribution in [-0.4, -0.2) is 42.0 Å². The van der Waals surface area contributed by atoms with Crippen molar-refractivity contribution >= 4 is 21.8 Å². The molecule has 0 aromatic carbocycles. The predicted molar refractivity (Wildman–Crippen MR) is 65.3 cm³/mol. The molecule has 0 aliphatic carbocycles. The van der Waals surface area contributed by atoms with Crippen molar-refractivity contribution in [1.82, 2.24) is 15.2 Å². The van der Waals surface area contributed by atoms with Gasteiger partial charge in [0.1, 0.15) is 0 Å². The summed E-state index contributed by atoms with van der Waals surface area (Å²) in [6.45, 7) is 1.60. The quantitative estimate of drug-likeness (QED) is 0.889. The monoisotopic (exact) mass is 283 g/mol. The molecule has 1 aliphatic heterocycles. The highest BCUT2D eigenvalue weighted by molar-refractivity contribution is 9.10. The second kappa shape index (κ2) is 4.93. The first-order valence-electron chi connectivity index (χ1n) is 5.28. The summed E-state index contributed by atoms with van der Waals surface area (Å²) in [5.41, 5.74) is 0.645. The van der Waals surface area contributed by atoms with E-state index in [9.17, 15) is 4.79 Å². The van der Waals surface area contributed by atoms with Gasteiger partial charge in [0.2, 0.25) is 0 Å². The molecule has 0 radical (unpaired) electrons. The van der Waals surface area contributed by atoms with Crippen LogP contribution in [0.4, 0.5) is 0 Å². The number of likely N-dealkylation sites (N-methyl/N-ethyl adjacent to an activating group) is 1. The molecule has 4 nitrogen and oxygen atoms in total. The van der Waals surface area contributed by atoms with Gasteiger partial charge in [0.15, 0.2) is 0 Å². The molecule has 0 spiro atoms. The Bertz CT molecular complexity index is 397. The maximum Gasteiger partial charge on any atom is 0.255 e. The minimum atomic E-state index is 0.0616. The molecule has 1 saturated heterocycles. The Morgan fingerprint density at radius 1 is 1.62 bits per heavy atom. The van der Waals surface area contributed by atoms with Crippen LogP contribution in [0.25, 0.3) is 0 Å². The molecule has 5 heteroatoms. The molecule has 2 rings (SSSR count). The number of halogens is 1. The lowest BCUT2D eigenvalue weighted by Gasteiger charge is -2.16. The van der Waals surface area contributed by atoms with Crippen LogP contribution in [0.1, 0.15) is 16.8 Å². The summed E-state index contributed by atoms with van der Waals surface area (Å²) in [4.78, 5) is 18.0. The average Bonchev–Trinajstić information content (AvgIpc) is 2.76. The Kier molecular flexibility index (Phi) is 3.56. The molecule has 1 aromatic rings. The molecular weight excluding hydrogens is 270 g/mol. The minimum Gasteiger partial charge on any atom is -0.337 e. The van der Waals surface area contributed by atoms with E-state index in [2.05, 4.69) is 26.2 Å². The third-order valence-corrected chi connectivity index (χ3v) is 3.27. The predicted octanol–water partition coefficient (Wildman–Crippen LogP) is 1.28. The van der Waals surface area contributed by atoms with Gasteiger partial charge in [-0.05, 0) is 35.5 Å². The minimum absolute atomic E-state index is 0.0616. The number of amides is 1. The number of nitrogens with zero attached hydrogens (tertiary/aromatic N) is 2. The molecule has 1 unspecified atom stereocenters. The second-order valence-electron chi connectivity index (χ2n) is 3.92. The Balaban J connectivity index is 2.08. The number of likely N-dealkylation sites (tertiary alicyclic amines) is 1. The van der Waals surface area contributed by atoms with E-state index in [4.69, 9.17) is 0 Å². The zero-order valence-electron chi connectivity index (χ0n) is 9.11. The van der Waals surface area contributed by atoms with Crippen LogP contribution in [0, 0.1) is 0 Å². The van der Waals surface area contributed by atoms with E-state index in [1.54, 1.807) is 12.4 Å². The number of nitrogens with one attached hydrogen (secondary N) is 1. The van der Waals surface area contributed by atoms with E-state index in [-0.39, 0.29) is 5.91 Å². The number of aromatic nitrogens is 1. The number of hydrogen-bond acceptors (Lipinski definition) is 3. The fourth-order valence-electron chi connectivity index (χ4n) is 1.89. The van der Waals surface area contributed by atoms with E-state index in [0.717, 1.165) is 24.0 Å². The molecule has 1 fully saturated rings. The van der Waals surface area contributed by atoms with Gasteiger partial charge in [-0.25, -0.2) is 0 Å². The van der Waals surface area contributed by atoms with E-state index in [0.29, 0.717) is 11.6 Å². The van der Waals surface area contributed by atoms with Crippen molar-refractivity contribution in [3.8, 4) is 0 Å². The Hall–Kier alpha value is -0.940. The Labute approximate surface area is 103 Å². The highest BCUT2D eigenvalue weighted by Gasteiger charge is 2.25. The van der Waals surface area contributed by atoms with Crippen LogP contribution in [0.2, 0.25) is 0 Å². The smallest absolute Gasteiger partial charge is 0.255 e. The van der Waals surface area contributed by atoms with Crippen molar-refractivity contribution in [2.45, 2.75) is 12.5 Å². The maximum atomic E-state index is 12.1. The first-order chi connectivity index (χ1) is 7.70. The molecule has 1 aromatic heterocycles. The zero-order valence-corrected chi connectivity index (χ0v) is 10.7. The van der Waals surface area contributed by atoms with E-state index < -0.39 is 0 Å². The van der Waals surface area contributed by atoms with Crippen molar-refractivity contribution in [2.24, 2.45) is 0 Å². The molecule has 86 valence electrons. The third kappa shape index (κ3) is 2.41. The molecule has 0 bridgehead atoms. The molecule has 2 heterocycles. The highest BCUT2D eigenvalue weighted by Crippen LogP contribution is 2.15. The maximum absolute atomic E-state index is 12.1. The van der Waals surface area contributed by atoms with Crippen molar-refractivity contribution in [3.05, 3.63) is 28.5 Å². The summed E-state index contributed by atoms with van der Waals surface area (Å²) in [5.74, 6) is 0.0616. The van der Waals surface area contributed by atoms with Crippen molar-refractivity contribution in [2.75, 3.05) is 20.1 Å². The summed E-state index contributed by atoms with van der Waals surface area (Å²) in [5, 5.41) is 3.19. The van der Waals surface area contributed by atoms with Crippen molar-refractivity contribution in [1.29, 1.82) is 0 Å². The summed E-state index contributed by atoms with van der Waals surface area (Å²) in [6, 6.07) is 2.23. The van der Waals surface area contributed by atoms with E-state index in [1.807, 2.05) is 18.0 Å². The Morgan fingerprint density at radius 3 is 3.06 bits per heavy atom. The van der Waals surface area contributed by atoms with Gasteiger partial charge in [-0.2, -0.15) is 0 Å². The van der Waals surface area contributed by atoms with Crippen LogP contribution in [0.3, 0.4) is 0 Å². The van der Waals surface area contributed by atoms with Gasteiger partial charge >= 0.3 is 0 Å². The summed E-state index contributed by atoms with van der Waals surface area (Å²) < 4.78 is 0.836. The van der Waals surface area contributed by atoms with Crippen LogP contribution < -0.4 is 5.32 Å². The molecule has 16 heavy (non-hydrogen) atoms. The van der Waals surface area contributed by atoms with Crippen molar-refractivity contribution < 1.29 is 4.79 Å². The number of carbonyl (C=O) groups excluding carboxylic acids is 1. The van der Waals surface area contributed by atoms with Gasteiger partial charge in [0, 0.05) is 36.0 Å². The lowest BCUT2D eigenvalue weighted by Crippen LogP contribution is -2.33. The van der Waals surface area contributed by atoms with Crippen LogP contribution in [-0.2, 0) is 0 Å². The lowest BCUT2D eigenvalue weighted by atomic mass is 10.2. The fraction of sp³-hybridized carbons (Fsp3) is 0.455. The summed E-state index contributed by atoms with van der Waals surface area (Å²) in [6.07, 6.45) is 4.31. The summed E-state index contributed by atoms with van der Waals surface area (Å²) in [7, 11) is 1.93. The topological polar surface area (TPSA) is 45.2 Å². The van der Waals surface area contributed by atoms with E-state index in [1.165, 1.54) is 0 Å². The molecule has 0 saturated carbocycles. The summed E-state index contributed by atoms with van der Waals surface area (Å²) >= 11 is 3.32. The SMILES string of the molecule is CNC1CCN(C(=O)c2cncc(Br)c2)C1. The fourth-order valence-corrected chi connectivity index (χ4v) is 2.26. The van der Waals surface area contributed by atoms with Gasteiger partial charge in [0.25, 0.3) is 5.91 Å². The molecule has 1 amide bonds. The standard InChI is InChI=1S/C11H14BrN3O/c1-13-10-2-3-15(7-10)11(16)8-4-9(12)6-14-5-8/h4-6,10,13H,2-3,7H2,1H3. The normalized spacial score (nSPS) is 20.1. The molecule has 1 aliphatic rings. The average molecular weight is 284 g/mol. The molecule has 1 atom stereocenters. The highest BCUT2D eigenvalue weighted by atomic mass is 79.9. The lowest BCUT2D eigenvalue weighted by molar-refractivity contribution is 0.0789. The van der Waals surface area contributed by atoms with Crippen LogP contribution in [0.15, 0.2) is 22.9 Å². The molecule has 1 N–H and O–H groups in total. The Morgan fingerprint density at radius 2 is 2.44 bits per heavy atom. The number of pyridine rings is 1. The van der Waals surface area contributed by atoms with Gasteiger partial charge in [-0.3, -0.25) is 9.78 Å². The first kappa shape index (κ1) is 11.5. The van der Waals surface area contributed by atoms with Crippen LogP contribution >= 0.6 is 15.9 Å². The second-order valence-corrected chi connectivity index (χ2v) is 4.83.